The molecule has 0 unspecified atom stereocenters. The van der Waals surface area contributed by atoms with Gasteiger partial charge in [0, 0.05) is 55.4 Å². The molecule has 2 aromatic carbocycles. The first-order valence-corrected chi connectivity index (χ1v) is 18.1. The van der Waals surface area contributed by atoms with Crippen LogP contribution in [0.2, 0.25) is 0 Å². The summed E-state index contributed by atoms with van der Waals surface area (Å²) >= 11 is 0. The highest BCUT2D eigenvalue weighted by atomic mass is 32.2. The van der Waals surface area contributed by atoms with Crippen molar-refractivity contribution in [2.24, 2.45) is 0 Å². The van der Waals surface area contributed by atoms with Crippen molar-refractivity contribution in [3.8, 4) is 17.0 Å². The van der Waals surface area contributed by atoms with E-state index in [9.17, 15) is 18.0 Å². The van der Waals surface area contributed by atoms with Crippen molar-refractivity contribution in [1.82, 2.24) is 23.5 Å². The van der Waals surface area contributed by atoms with Crippen molar-refractivity contribution in [2.75, 3.05) is 34.3 Å². The number of aromatic nitrogens is 2. The molecule has 48 heavy (non-hydrogen) atoms. The van der Waals surface area contributed by atoms with Crippen LogP contribution in [0.4, 0.5) is 0 Å². The molecule has 0 radical (unpaired) electrons. The summed E-state index contributed by atoms with van der Waals surface area (Å²) in [5, 5.41) is 1.04. The van der Waals surface area contributed by atoms with Gasteiger partial charge in [-0.2, -0.15) is 12.7 Å². The number of rotatable bonds is 7. The van der Waals surface area contributed by atoms with Gasteiger partial charge in [0.15, 0.2) is 0 Å². The van der Waals surface area contributed by atoms with Gasteiger partial charge >= 0.3 is 10.2 Å². The van der Waals surface area contributed by atoms with E-state index in [0.717, 1.165) is 95.0 Å². The summed E-state index contributed by atoms with van der Waals surface area (Å²) in [5.74, 6) is 0.333. The Morgan fingerprint density at radius 2 is 1.75 bits per heavy atom. The molecular formula is C37H41N5O5S. The van der Waals surface area contributed by atoms with Gasteiger partial charge in [-0.1, -0.05) is 25.3 Å². The van der Waals surface area contributed by atoms with Crippen molar-refractivity contribution >= 4 is 44.6 Å². The predicted molar refractivity (Wildman–Crippen MR) is 187 cm³/mol. The lowest BCUT2D eigenvalue weighted by atomic mass is 9.81. The van der Waals surface area contributed by atoms with Crippen LogP contribution >= 0.6 is 0 Å². The molecule has 1 saturated carbocycles. The van der Waals surface area contributed by atoms with E-state index in [0.29, 0.717) is 23.7 Å². The van der Waals surface area contributed by atoms with Crippen molar-refractivity contribution in [3.63, 3.8) is 0 Å². The molecule has 3 aliphatic rings. The minimum Gasteiger partial charge on any atom is -0.497 e. The molecule has 2 aromatic heterocycles. The fourth-order valence-electron chi connectivity index (χ4n) is 7.52. The van der Waals surface area contributed by atoms with E-state index in [-0.39, 0.29) is 11.5 Å². The van der Waals surface area contributed by atoms with Crippen LogP contribution in [-0.4, -0.2) is 73.3 Å². The summed E-state index contributed by atoms with van der Waals surface area (Å²) < 4.78 is 36.2. The molecule has 11 heteroatoms. The highest BCUT2D eigenvalue weighted by Crippen LogP contribution is 2.48. The summed E-state index contributed by atoms with van der Waals surface area (Å²) in [6.07, 6.45) is 11.5. The molecule has 1 aliphatic carbocycles. The molecule has 2 aliphatic heterocycles. The lowest BCUT2D eigenvalue weighted by molar-refractivity contribution is 0.0791. The third kappa shape index (κ3) is 5.79. The minimum absolute atomic E-state index is 0.0202. The molecule has 4 heterocycles. The molecule has 0 bridgehead atoms. The average Bonchev–Trinajstić information content (AvgIpc) is 3.71. The number of fused-ring (bicyclic) bond motifs is 5. The van der Waals surface area contributed by atoms with E-state index in [2.05, 4.69) is 21.4 Å². The summed E-state index contributed by atoms with van der Waals surface area (Å²) in [7, 11) is 0.427. The minimum atomic E-state index is -3.98. The van der Waals surface area contributed by atoms with E-state index >= 15 is 0 Å². The Morgan fingerprint density at radius 1 is 0.979 bits per heavy atom. The van der Waals surface area contributed by atoms with E-state index in [1.165, 1.54) is 26.1 Å². The van der Waals surface area contributed by atoms with Crippen LogP contribution in [0.3, 0.4) is 0 Å². The molecule has 2 fully saturated rings. The Balaban J connectivity index is 1.46. The fraction of sp³-hybridized carbons (Fsp3) is 0.378. The van der Waals surface area contributed by atoms with Crippen molar-refractivity contribution in [1.29, 1.82) is 0 Å². The van der Waals surface area contributed by atoms with Crippen LogP contribution in [-0.2, 0) is 16.8 Å². The highest BCUT2D eigenvalue weighted by molar-refractivity contribution is 7.87. The number of hydrogen-bond acceptors (Lipinski definition) is 6. The number of likely N-dealkylation sites (tertiary alicyclic amines) is 1. The number of nitrogens with zero attached hydrogens (tertiary/aromatic N) is 4. The largest absolute Gasteiger partial charge is 0.497 e. The standard InChI is InChI=1S/C37H41N5O5S/c1-40(2)48(45,46)39-36(43)25-13-15-30-32(22-25)42-23-27(34-31(12-9-17-38-34)37(44)41-18-7-8-19-41)20-26-21-28(47-3)14-16-29(26)35(42)33(30)24-10-5-4-6-11-24/h9,12-17,20-22,24H,4-8,10-11,18-19,23H2,1-3H3,(H,39,43). The zero-order valence-electron chi connectivity index (χ0n) is 27.7. The number of pyridine rings is 1. The first kappa shape index (κ1) is 32.1. The van der Waals surface area contributed by atoms with Gasteiger partial charge in [0.2, 0.25) is 0 Å². The molecule has 1 N–H and O–H groups in total. The van der Waals surface area contributed by atoms with Crippen molar-refractivity contribution in [2.45, 2.75) is 57.4 Å². The molecule has 7 rings (SSSR count). The SMILES string of the molecule is COc1ccc2c(c1)C=C(c1ncccc1C(=O)N1CCCC1)Cn1c-2c(C2CCCCC2)c2ccc(C(=O)NS(=O)(=O)N(C)C)cc21. The first-order valence-electron chi connectivity index (χ1n) is 16.7. The predicted octanol–water partition coefficient (Wildman–Crippen LogP) is 6.09. The summed E-state index contributed by atoms with van der Waals surface area (Å²) in [4.78, 5) is 33.9. The van der Waals surface area contributed by atoms with Crippen molar-refractivity contribution < 1.29 is 22.7 Å². The fourth-order valence-corrected chi connectivity index (χ4v) is 8.05. The highest BCUT2D eigenvalue weighted by Gasteiger charge is 2.32. The molecular weight excluding hydrogens is 627 g/mol. The van der Waals surface area contributed by atoms with Gasteiger partial charge in [0.25, 0.3) is 11.8 Å². The second-order valence-electron chi connectivity index (χ2n) is 13.2. The topological polar surface area (TPSA) is 114 Å². The second kappa shape index (κ2) is 12.9. The van der Waals surface area contributed by atoms with Gasteiger partial charge in [-0.25, -0.2) is 4.72 Å². The Labute approximate surface area is 281 Å². The lowest BCUT2D eigenvalue weighted by Gasteiger charge is -2.24. The molecule has 1 saturated heterocycles. The van der Waals surface area contributed by atoms with Gasteiger partial charge < -0.3 is 14.2 Å². The van der Waals surface area contributed by atoms with Gasteiger partial charge in [-0.05, 0) is 96.8 Å². The number of carbonyl (C=O) groups excluding carboxylic acids is 2. The maximum absolute atomic E-state index is 13.8. The molecule has 10 nitrogen and oxygen atoms in total. The average molecular weight is 668 g/mol. The van der Waals surface area contributed by atoms with Crippen LogP contribution in [0.1, 0.15) is 88.4 Å². The molecule has 250 valence electrons. The van der Waals surface area contributed by atoms with Crippen molar-refractivity contribution in [3.05, 3.63) is 82.7 Å². The number of ether oxygens (including phenoxy) is 1. The monoisotopic (exact) mass is 667 g/mol. The Kier molecular flexibility index (Phi) is 8.59. The van der Waals surface area contributed by atoms with Gasteiger partial charge in [-0.15, -0.1) is 0 Å². The van der Waals surface area contributed by atoms with Crippen LogP contribution in [0.5, 0.6) is 5.75 Å². The normalized spacial score (nSPS) is 16.8. The van der Waals surface area contributed by atoms with Crippen LogP contribution in [0, 0.1) is 0 Å². The van der Waals surface area contributed by atoms with E-state index in [1.807, 2.05) is 35.2 Å². The third-order valence-corrected chi connectivity index (χ3v) is 11.4. The Morgan fingerprint density at radius 3 is 2.48 bits per heavy atom. The summed E-state index contributed by atoms with van der Waals surface area (Å²) in [5.41, 5.74) is 7.45. The number of nitrogens with one attached hydrogen (secondary N) is 1. The lowest BCUT2D eigenvalue weighted by Crippen LogP contribution is -2.39. The Bertz CT molecular complexity index is 2050. The van der Waals surface area contributed by atoms with Crippen LogP contribution in [0.15, 0.2) is 54.7 Å². The molecule has 2 amide bonds. The summed E-state index contributed by atoms with van der Waals surface area (Å²) in [6.45, 7) is 1.86. The van der Waals surface area contributed by atoms with Gasteiger partial charge in [0.05, 0.1) is 30.6 Å². The molecule has 0 spiro atoms. The van der Waals surface area contributed by atoms with Gasteiger partial charge in [-0.3, -0.25) is 14.6 Å². The van der Waals surface area contributed by atoms with E-state index in [1.54, 1.807) is 25.4 Å². The van der Waals surface area contributed by atoms with E-state index < -0.39 is 16.1 Å². The summed E-state index contributed by atoms with van der Waals surface area (Å²) in [6, 6.07) is 15.2. The number of allylic oxidation sites excluding steroid dienone is 1. The van der Waals surface area contributed by atoms with Gasteiger partial charge in [0.1, 0.15) is 5.75 Å². The number of benzene rings is 2. The first-order chi connectivity index (χ1) is 23.2. The van der Waals surface area contributed by atoms with Crippen LogP contribution < -0.4 is 9.46 Å². The number of hydrogen-bond donors (Lipinski definition) is 1. The number of methoxy groups -OCH3 is 1. The third-order valence-electron chi connectivity index (χ3n) is 9.99. The molecule has 4 aromatic rings. The molecule has 0 atom stereocenters. The number of amides is 2. The maximum Gasteiger partial charge on any atom is 0.303 e. The zero-order valence-corrected chi connectivity index (χ0v) is 28.5. The smallest absolute Gasteiger partial charge is 0.303 e. The Hall–Kier alpha value is -4.48. The van der Waals surface area contributed by atoms with Crippen LogP contribution in [0.25, 0.3) is 33.8 Å². The second-order valence-corrected chi connectivity index (χ2v) is 15.0. The van der Waals surface area contributed by atoms with E-state index in [4.69, 9.17) is 9.72 Å². The quantitative estimate of drug-likeness (QED) is 0.255. The maximum atomic E-state index is 13.8. The zero-order chi connectivity index (χ0) is 33.6. The number of carbonyl (C=O) groups is 2.